The van der Waals surface area contributed by atoms with Gasteiger partial charge >= 0.3 is 5.97 Å². The maximum atomic E-state index is 11.7. The first-order valence-corrected chi connectivity index (χ1v) is 5.48. The lowest BCUT2D eigenvalue weighted by Crippen LogP contribution is -2.37. The molecule has 0 aromatic heterocycles. The van der Waals surface area contributed by atoms with Crippen molar-refractivity contribution in [2.24, 2.45) is 5.92 Å². The number of carboxylic acids is 1. The topological polar surface area (TPSA) is 66.8 Å². The number of hydrogen-bond acceptors (Lipinski definition) is 3. The largest absolute Gasteiger partial charge is 0.481 e. The number of amides is 1. The maximum absolute atomic E-state index is 11.7. The van der Waals surface area contributed by atoms with Crippen LogP contribution in [0.3, 0.4) is 0 Å². The summed E-state index contributed by atoms with van der Waals surface area (Å²) < 4.78 is 4.90. The van der Waals surface area contributed by atoms with Crippen LogP contribution in [0, 0.1) is 5.92 Å². The summed E-state index contributed by atoms with van der Waals surface area (Å²) in [5.41, 5.74) is 0. The highest BCUT2D eigenvalue weighted by atomic mass is 16.5. The molecule has 94 valence electrons. The first-order chi connectivity index (χ1) is 7.49. The van der Waals surface area contributed by atoms with Gasteiger partial charge in [0.2, 0.25) is 5.91 Å². The molecule has 1 N–H and O–H groups in total. The predicted molar refractivity (Wildman–Crippen MR) is 60.2 cm³/mol. The van der Waals surface area contributed by atoms with Gasteiger partial charge in [-0.05, 0) is 6.42 Å². The third-order valence-corrected chi connectivity index (χ3v) is 2.18. The summed E-state index contributed by atoms with van der Waals surface area (Å²) in [6, 6.07) is 0. The number of aliphatic carboxylic acids is 1. The summed E-state index contributed by atoms with van der Waals surface area (Å²) in [5, 5.41) is 8.59. The smallest absolute Gasteiger partial charge is 0.305 e. The van der Waals surface area contributed by atoms with Crippen LogP contribution in [-0.4, -0.2) is 48.7 Å². The van der Waals surface area contributed by atoms with Crippen molar-refractivity contribution in [3.8, 4) is 0 Å². The molecule has 0 rings (SSSR count). The van der Waals surface area contributed by atoms with Gasteiger partial charge in [0.15, 0.2) is 0 Å². The van der Waals surface area contributed by atoms with Crippen LogP contribution in [-0.2, 0) is 14.3 Å². The van der Waals surface area contributed by atoms with E-state index in [4.69, 9.17) is 9.84 Å². The summed E-state index contributed by atoms with van der Waals surface area (Å²) in [6.07, 6.45) is 0.722. The van der Waals surface area contributed by atoms with E-state index < -0.39 is 5.97 Å². The number of carbonyl (C=O) groups excluding carboxylic acids is 1. The van der Waals surface area contributed by atoms with Crippen LogP contribution in [0.4, 0.5) is 0 Å². The molecule has 0 saturated heterocycles. The van der Waals surface area contributed by atoms with Gasteiger partial charge in [-0.15, -0.1) is 0 Å². The average Bonchev–Trinajstić information content (AvgIpc) is 2.21. The van der Waals surface area contributed by atoms with Crippen molar-refractivity contribution in [3.63, 3.8) is 0 Å². The molecular weight excluding hydrogens is 210 g/mol. The van der Waals surface area contributed by atoms with E-state index in [0.717, 1.165) is 6.42 Å². The number of rotatable bonds is 8. The van der Waals surface area contributed by atoms with Gasteiger partial charge < -0.3 is 14.7 Å². The van der Waals surface area contributed by atoms with Crippen molar-refractivity contribution >= 4 is 11.9 Å². The fourth-order valence-corrected chi connectivity index (χ4v) is 1.33. The minimum atomic E-state index is -0.881. The number of carboxylic acid groups (broad SMARTS) is 1. The Morgan fingerprint density at radius 3 is 2.38 bits per heavy atom. The van der Waals surface area contributed by atoms with Crippen molar-refractivity contribution in [2.75, 3.05) is 26.8 Å². The lowest BCUT2D eigenvalue weighted by molar-refractivity contribution is -0.139. The Morgan fingerprint density at radius 2 is 1.94 bits per heavy atom. The van der Waals surface area contributed by atoms with Crippen molar-refractivity contribution < 1.29 is 19.4 Å². The van der Waals surface area contributed by atoms with Crippen molar-refractivity contribution in [1.29, 1.82) is 0 Å². The van der Waals surface area contributed by atoms with E-state index in [-0.39, 0.29) is 24.8 Å². The van der Waals surface area contributed by atoms with Crippen LogP contribution in [0.5, 0.6) is 0 Å². The van der Waals surface area contributed by atoms with Crippen molar-refractivity contribution in [2.45, 2.75) is 26.7 Å². The van der Waals surface area contributed by atoms with E-state index in [0.29, 0.717) is 13.2 Å². The molecule has 0 aromatic carbocycles. The number of hydrogen-bond donors (Lipinski definition) is 1. The van der Waals surface area contributed by atoms with Crippen LogP contribution in [0.15, 0.2) is 0 Å². The molecule has 0 fully saturated rings. The number of carbonyl (C=O) groups is 2. The van der Waals surface area contributed by atoms with Crippen LogP contribution in [0.2, 0.25) is 0 Å². The lowest BCUT2D eigenvalue weighted by atomic mass is 10.2. The van der Waals surface area contributed by atoms with Gasteiger partial charge in [-0.2, -0.15) is 0 Å². The monoisotopic (exact) mass is 231 g/mol. The van der Waals surface area contributed by atoms with E-state index >= 15 is 0 Å². The standard InChI is InChI=1S/C11H21NO4/c1-9(2)11(15)12(6-4-8-16-3)7-5-10(13)14/h9H,4-8H2,1-3H3,(H,13,14). The second-order valence-corrected chi connectivity index (χ2v) is 3.97. The quantitative estimate of drug-likeness (QED) is 0.632. The van der Waals surface area contributed by atoms with Crippen LogP contribution in [0.1, 0.15) is 26.7 Å². The molecule has 0 aliphatic rings. The Labute approximate surface area is 96.4 Å². The third kappa shape index (κ3) is 6.40. The fourth-order valence-electron chi connectivity index (χ4n) is 1.33. The second-order valence-electron chi connectivity index (χ2n) is 3.97. The molecule has 0 spiro atoms. The summed E-state index contributed by atoms with van der Waals surface area (Å²) in [5.74, 6) is -0.984. The van der Waals surface area contributed by atoms with E-state index in [2.05, 4.69) is 0 Å². The van der Waals surface area contributed by atoms with Gasteiger partial charge in [0, 0.05) is 32.7 Å². The molecule has 0 aliphatic carbocycles. The Morgan fingerprint density at radius 1 is 1.31 bits per heavy atom. The van der Waals surface area contributed by atoms with Crippen LogP contribution >= 0.6 is 0 Å². The zero-order valence-electron chi connectivity index (χ0n) is 10.2. The van der Waals surface area contributed by atoms with Gasteiger partial charge in [-0.1, -0.05) is 13.8 Å². The summed E-state index contributed by atoms with van der Waals surface area (Å²) >= 11 is 0. The predicted octanol–water partition coefficient (Wildman–Crippen LogP) is 0.982. The Bertz CT molecular complexity index is 228. The highest BCUT2D eigenvalue weighted by Crippen LogP contribution is 2.04. The van der Waals surface area contributed by atoms with Gasteiger partial charge in [0.25, 0.3) is 0 Å². The molecule has 0 aliphatic heterocycles. The molecule has 5 nitrogen and oxygen atoms in total. The van der Waals surface area contributed by atoms with Crippen LogP contribution in [0.25, 0.3) is 0 Å². The molecule has 0 heterocycles. The molecule has 0 atom stereocenters. The van der Waals surface area contributed by atoms with E-state index in [9.17, 15) is 9.59 Å². The normalized spacial score (nSPS) is 10.5. The Hall–Kier alpha value is -1.10. The second kappa shape index (κ2) is 8.10. The lowest BCUT2D eigenvalue weighted by Gasteiger charge is -2.23. The van der Waals surface area contributed by atoms with Gasteiger partial charge in [0.05, 0.1) is 6.42 Å². The number of methoxy groups -OCH3 is 1. The molecule has 0 aromatic rings. The number of ether oxygens (including phenoxy) is 1. The van der Waals surface area contributed by atoms with E-state index in [1.54, 1.807) is 12.0 Å². The minimum Gasteiger partial charge on any atom is -0.481 e. The highest BCUT2D eigenvalue weighted by molar-refractivity contribution is 5.78. The third-order valence-electron chi connectivity index (χ3n) is 2.18. The van der Waals surface area contributed by atoms with Crippen molar-refractivity contribution in [1.82, 2.24) is 4.90 Å². The molecule has 0 bridgehead atoms. The number of nitrogens with zero attached hydrogens (tertiary/aromatic N) is 1. The fraction of sp³-hybridized carbons (Fsp3) is 0.818. The molecule has 0 radical (unpaired) electrons. The SMILES string of the molecule is COCCCN(CCC(=O)O)C(=O)C(C)C. The zero-order chi connectivity index (χ0) is 12.6. The van der Waals surface area contributed by atoms with Gasteiger partial charge in [0.1, 0.15) is 0 Å². The van der Waals surface area contributed by atoms with E-state index in [1.807, 2.05) is 13.8 Å². The molecule has 0 unspecified atom stereocenters. The minimum absolute atomic E-state index is 0.00245. The molecule has 16 heavy (non-hydrogen) atoms. The summed E-state index contributed by atoms with van der Waals surface area (Å²) in [6.45, 7) is 5.03. The summed E-state index contributed by atoms with van der Waals surface area (Å²) in [7, 11) is 1.60. The molecule has 0 saturated carbocycles. The van der Waals surface area contributed by atoms with E-state index in [1.165, 1.54) is 0 Å². The van der Waals surface area contributed by atoms with Gasteiger partial charge in [-0.3, -0.25) is 9.59 Å². The molecular formula is C11H21NO4. The molecule has 5 heteroatoms. The average molecular weight is 231 g/mol. The Kier molecular flexibility index (Phi) is 7.54. The highest BCUT2D eigenvalue weighted by Gasteiger charge is 2.17. The Balaban J connectivity index is 4.15. The van der Waals surface area contributed by atoms with Crippen LogP contribution < -0.4 is 0 Å². The van der Waals surface area contributed by atoms with Crippen molar-refractivity contribution in [3.05, 3.63) is 0 Å². The summed E-state index contributed by atoms with van der Waals surface area (Å²) in [4.78, 5) is 23.8. The maximum Gasteiger partial charge on any atom is 0.305 e. The first kappa shape index (κ1) is 14.9. The van der Waals surface area contributed by atoms with Gasteiger partial charge in [-0.25, -0.2) is 0 Å². The first-order valence-electron chi connectivity index (χ1n) is 5.48. The zero-order valence-corrected chi connectivity index (χ0v) is 10.2. The molecule has 1 amide bonds.